The Balaban J connectivity index is 1.66. The minimum atomic E-state index is -1.07. The molecule has 4 rings (SSSR count). The number of urea groups is 1. The Morgan fingerprint density at radius 2 is 1.67 bits per heavy atom. The van der Waals surface area contributed by atoms with Gasteiger partial charge in [-0.2, -0.15) is 4.68 Å². The van der Waals surface area contributed by atoms with Crippen LogP contribution in [0.25, 0.3) is 5.69 Å². The number of nitrogens with zero attached hydrogens (tertiary/aromatic N) is 5. The quantitative estimate of drug-likeness (QED) is 0.701. The second kappa shape index (κ2) is 6.64. The number of rotatable bonds is 5. The molecule has 3 aromatic rings. The molecule has 3 amide bonds. The molecule has 136 valence electrons. The Labute approximate surface area is 155 Å². The van der Waals surface area contributed by atoms with E-state index in [2.05, 4.69) is 20.8 Å². The number of aromatic nitrogens is 4. The normalized spacial score (nSPS) is 19.4. The van der Waals surface area contributed by atoms with Crippen LogP contribution in [0.2, 0.25) is 0 Å². The lowest BCUT2D eigenvalue weighted by molar-refractivity contribution is -0.132. The fraction of sp³-hybridized carbons (Fsp3) is 0.211. The molecule has 0 spiro atoms. The van der Waals surface area contributed by atoms with Crippen LogP contribution in [0.5, 0.6) is 0 Å². The van der Waals surface area contributed by atoms with Gasteiger partial charge in [0, 0.05) is 0 Å². The average molecular weight is 362 g/mol. The van der Waals surface area contributed by atoms with Crippen LogP contribution in [0.15, 0.2) is 60.7 Å². The van der Waals surface area contributed by atoms with Crippen molar-refractivity contribution >= 4 is 11.9 Å². The number of hydrogen-bond donors (Lipinski definition) is 1. The van der Waals surface area contributed by atoms with Crippen molar-refractivity contribution in [3.8, 4) is 5.69 Å². The van der Waals surface area contributed by atoms with Crippen LogP contribution in [-0.4, -0.2) is 37.0 Å². The summed E-state index contributed by atoms with van der Waals surface area (Å²) in [6, 6.07) is 18.2. The van der Waals surface area contributed by atoms with Gasteiger partial charge in [-0.25, -0.2) is 4.79 Å². The molecule has 8 nitrogen and oxygen atoms in total. The summed E-state index contributed by atoms with van der Waals surface area (Å²) in [4.78, 5) is 27.0. The molecule has 1 N–H and O–H groups in total. The van der Waals surface area contributed by atoms with Crippen LogP contribution >= 0.6 is 0 Å². The van der Waals surface area contributed by atoms with Crippen LogP contribution in [0.1, 0.15) is 24.7 Å². The summed E-state index contributed by atoms with van der Waals surface area (Å²) in [5.41, 5.74) is 0.453. The summed E-state index contributed by atoms with van der Waals surface area (Å²) in [6.07, 6.45) is 0.446. The molecular weight excluding hydrogens is 344 g/mol. The SMILES string of the molecule is CCC1(c2ccccc2)NC(=O)N(Cc2nnnn2-c2ccccc2)C1=O. The van der Waals surface area contributed by atoms with Gasteiger partial charge in [0.2, 0.25) is 0 Å². The summed E-state index contributed by atoms with van der Waals surface area (Å²) in [7, 11) is 0. The van der Waals surface area contributed by atoms with Gasteiger partial charge in [0.1, 0.15) is 5.54 Å². The van der Waals surface area contributed by atoms with Gasteiger partial charge in [0.05, 0.1) is 12.2 Å². The molecule has 2 aromatic carbocycles. The first-order valence-corrected chi connectivity index (χ1v) is 8.68. The Bertz CT molecular complexity index is 972. The summed E-state index contributed by atoms with van der Waals surface area (Å²) in [5.74, 6) is 0.105. The molecule has 1 aliphatic heterocycles. The number of para-hydroxylation sites is 1. The Morgan fingerprint density at radius 3 is 2.33 bits per heavy atom. The van der Waals surface area contributed by atoms with Crippen molar-refractivity contribution in [2.75, 3.05) is 0 Å². The van der Waals surface area contributed by atoms with Crippen molar-refractivity contribution in [1.82, 2.24) is 30.4 Å². The van der Waals surface area contributed by atoms with E-state index in [9.17, 15) is 9.59 Å². The van der Waals surface area contributed by atoms with Crippen LogP contribution in [0, 0.1) is 0 Å². The van der Waals surface area contributed by atoms with E-state index in [0.29, 0.717) is 12.2 Å². The van der Waals surface area contributed by atoms with Gasteiger partial charge in [-0.3, -0.25) is 9.69 Å². The third kappa shape index (κ3) is 2.75. The zero-order valence-corrected chi connectivity index (χ0v) is 14.7. The highest BCUT2D eigenvalue weighted by Gasteiger charge is 2.51. The predicted molar refractivity (Wildman–Crippen MR) is 96.6 cm³/mol. The molecule has 0 saturated carbocycles. The number of hydrogen-bond acceptors (Lipinski definition) is 5. The molecule has 1 aliphatic rings. The van der Waals surface area contributed by atoms with Crippen molar-refractivity contribution in [1.29, 1.82) is 0 Å². The summed E-state index contributed by atoms with van der Waals surface area (Å²) in [5, 5.41) is 14.5. The maximum atomic E-state index is 13.2. The summed E-state index contributed by atoms with van der Waals surface area (Å²) >= 11 is 0. The smallest absolute Gasteiger partial charge is 0.319 e. The lowest BCUT2D eigenvalue weighted by atomic mass is 9.87. The molecule has 1 saturated heterocycles. The van der Waals surface area contributed by atoms with Crippen LogP contribution in [-0.2, 0) is 16.9 Å². The van der Waals surface area contributed by atoms with Crippen LogP contribution in [0.4, 0.5) is 4.79 Å². The Morgan fingerprint density at radius 1 is 1.00 bits per heavy atom. The average Bonchev–Trinajstić information content (AvgIpc) is 3.28. The first-order chi connectivity index (χ1) is 13.2. The monoisotopic (exact) mass is 362 g/mol. The van der Waals surface area contributed by atoms with Gasteiger partial charge in [0.15, 0.2) is 5.82 Å². The van der Waals surface area contributed by atoms with Gasteiger partial charge in [0.25, 0.3) is 5.91 Å². The van der Waals surface area contributed by atoms with Crippen molar-refractivity contribution in [2.45, 2.75) is 25.4 Å². The topological polar surface area (TPSA) is 93.0 Å². The van der Waals surface area contributed by atoms with E-state index in [1.165, 1.54) is 9.58 Å². The van der Waals surface area contributed by atoms with Gasteiger partial charge in [-0.15, -0.1) is 5.10 Å². The van der Waals surface area contributed by atoms with E-state index in [1.807, 2.05) is 67.6 Å². The standard InChI is InChI=1S/C19H18N6O2/c1-2-19(14-9-5-3-6-10-14)17(26)24(18(27)20-19)13-16-21-22-23-25(16)15-11-7-4-8-12-15/h3-12H,2,13H2,1H3,(H,20,27). The molecule has 0 radical (unpaired) electrons. The molecule has 1 fully saturated rings. The van der Waals surface area contributed by atoms with E-state index in [4.69, 9.17) is 0 Å². The largest absolute Gasteiger partial charge is 0.325 e. The number of imide groups is 1. The molecule has 0 bridgehead atoms. The minimum absolute atomic E-state index is 0.0128. The molecule has 1 atom stereocenters. The third-order valence-corrected chi connectivity index (χ3v) is 4.81. The predicted octanol–water partition coefficient (Wildman–Crippen LogP) is 2.02. The first kappa shape index (κ1) is 16.9. The fourth-order valence-electron chi connectivity index (χ4n) is 3.35. The van der Waals surface area contributed by atoms with E-state index in [1.54, 1.807) is 0 Å². The number of amides is 3. The fourth-order valence-corrected chi connectivity index (χ4v) is 3.35. The van der Waals surface area contributed by atoms with Crippen LogP contribution < -0.4 is 5.32 Å². The lowest BCUT2D eigenvalue weighted by Crippen LogP contribution is -2.43. The van der Waals surface area contributed by atoms with Gasteiger partial charge in [-0.1, -0.05) is 55.5 Å². The molecule has 1 unspecified atom stereocenters. The van der Waals surface area contributed by atoms with E-state index in [-0.39, 0.29) is 12.5 Å². The molecule has 8 heteroatoms. The second-order valence-corrected chi connectivity index (χ2v) is 6.29. The van der Waals surface area contributed by atoms with Crippen molar-refractivity contribution in [2.24, 2.45) is 0 Å². The lowest BCUT2D eigenvalue weighted by Gasteiger charge is -2.25. The number of benzene rings is 2. The summed E-state index contributed by atoms with van der Waals surface area (Å²) in [6.45, 7) is 1.86. The molecule has 2 heterocycles. The Kier molecular flexibility index (Phi) is 4.15. The zero-order valence-electron chi connectivity index (χ0n) is 14.7. The van der Waals surface area contributed by atoms with Crippen molar-refractivity contribution < 1.29 is 9.59 Å². The molecule has 27 heavy (non-hydrogen) atoms. The van der Waals surface area contributed by atoms with E-state index < -0.39 is 11.6 Å². The minimum Gasteiger partial charge on any atom is -0.319 e. The Hall–Kier alpha value is -3.55. The highest BCUT2D eigenvalue weighted by Crippen LogP contribution is 2.33. The highest BCUT2D eigenvalue weighted by atomic mass is 16.2. The molecule has 1 aromatic heterocycles. The van der Waals surface area contributed by atoms with Crippen molar-refractivity contribution in [3.05, 3.63) is 72.1 Å². The third-order valence-electron chi connectivity index (χ3n) is 4.81. The van der Waals surface area contributed by atoms with Gasteiger partial charge < -0.3 is 5.32 Å². The van der Waals surface area contributed by atoms with Crippen LogP contribution in [0.3, 0.4) is 0 Å². The maximum absolute atomic E-state index is 13.2. The summed E-state index contributed by atoms with van der Waals surface area (Å²) < 4.78 is 1.52. The van der Waals surface area contributed by atoms with Gasteiger partial charge >= 0.3 is 6.03 Å². The number of nitrogens with one attached hydrogen (secondary N) is 1. The highest BCUT2D eigenvalue weighted by molar-refractivity contribution is 6.07. The van der Waals surface area contributed by atoms with E-state index >= 15 is 0 Å². The number of carbonyl (C=O) groups is 2. The zero-order chi connectivity index (χ0) is 18.9. The van der Waals surface area contributed by atoms with Gasteiger partial charge in [-0.05, 0) is 34.5 Å². The number of tetrazole rings is 1. The van der Waals surface area contributed by atoms with Crippen molar-refractivity contribution in [3.63, 3.8) is 0 Å². The van der Waals surface area contributed by atoms with E-state index in [0.717, 1.165) is 11.3 Å². The second-order valence-electron chi connectivity index (χ2n) is 6.29. The molecule has 0 aliphatic carbocycles. The molecular formula is C19H18N6O2. The number of carbonyl (C=O) groups excluding carboxylic acids is 2. The first-order valence-electron chi connectivity index (χ1n) is 8.68. The maximum Gasteiger partial charge on any atom is 0.325 e.